The highest BCUT2D eigenvalue weighted by atomic mass is 16.3. The minimum absolute atomic E-state index is 0.320. The molecule has 0 radical (unpaired) electrons. The molecule has 0 spiro atoms. The van der Waals surface area contributed by atoms with Crippen LogP contribution in [0.4, 0.5) is 0 Å². The molecule has 3 atom stereocenters. The summed E-state index contributed by atoms with van der Waals surface area (Å²) in [5.74, 6) is 2.74. The summed E-state index contributed by atoms with van der Waals surface area (Å²) in [7, 11) is 2.22. The highest BCUT2D eigenvalue weighted by Crippen LogP contribution is 2.43. The van der Waals surface area contributed by atoms with Crippen molar-refractivity contribution in [2.45, 2.75) is 38.1 Å². The zero-order chi connectivity index (χ0) is 13.9. The number of fused-ring (bicyclic) bond motifs is 2. The molecule has 1 saturated heterocycles. The minimum atomic E-state index is 0.320. The number of likely N-dealkylation sites (tertiary alicyclic amines) is 1. The van der Waals surface area contributed by atoms with E-state index < -0.39 is 0 Å². The van der Waals surface area contributed by atoms with Crippen molar-refractivity contribution >= 4 is 0 Å². The van der Waals surface area contributed by atoms with Crippen molar-refractivity contribution < 1.29 is 5.11 Å². The van der Waals surface area contributed by atoms with Gasteiger partial charge in [0.2, 0.25) is 0 Å². The monoisotopic (exact) mass is 278 g/mol. The lowest BCUT2D eigenvalue weighted by molar-refractivity contribution is 0.107. The Morgan fingerprint density at radius 1 is 1.20 bits per heavy atom. The first-order valence-electron chi connectivity index (χ1n) is 8.48. The summed E-state index contributed by atoms with van der Waals surface area (Å²) < 4.78 is 0. The third-order valence-corrected chi connectivity index (χ3v) is 5.76. The standard InChI is InChI=1S/C17H30N2O/c1-18(7-2-10-20)17-5-8-19(9-6-17)13-16-12-14-3-4-15(16)11-14/h3-4,14-17,20H,2,5-13H2,1H3. The molecule has 3 rings (SSSR count). The maximum atomic E-state index is 8.93. The molecule has 3 unspecified atom stereocenters. The summed E-state index contributed by atoms with van der Waals surface area (Å²) in [4.78, 5) is 5.16. The van der Waals surface area contributed by atoms with Crippen molar-refractivity contribution in [1.82, 2.24) is 9.80 Å². The van der Waals surface area contributed by atoms with E-state index in [1.807, 2.05) is 0 Å². The Kier molecular flexibility index (Phi) is 4.79. The van der Waals surface area contributed by atoms with Crippen LogP contribution in [0.3, 0.4) is 0 Å². The van der Waals surface area contributed by atoms with Gasteiger partial charge in [-0.05, 0) is 70.0 Å². The van der Waals surface area contributed by atoms with Crippen molar-refractivity contribution in [3.05, 3.63) is 12.2 Å². The van der Waals surface area contributed by atoms with Gasteiger partial charge in [-0.2, -0.15) is 0 Å². The summed E-state index contributed by atoms with van der Waals surface area (Å²) in [6, 6.07) is 0.734. The molecule has 1 aliphatic heterocycles. The van der Waals surface area contributed by atoms with E-state index in [1.54, 1.807) is 0 Å². The molecule has 2 fully saturated rings. The fraction of sp³-hybridized carbons (Fsp3) is 0.882. The Morgan fingerprint density at radius 2 is 2.00 bits per heavy atom. The molecule has 2 bridgehead atoms. The van der Waals surface area contributed by atoms with E-state index in [9.17, 15) is 0 Å². The quantitative estimate of drug-likeness (QED) is 0.753. The van der Waals surface area contributed by atoms with Crippen LogP contribution in [0.15, 0.2) is 12.2 Å². The predicted molar refractivity (Wildman–Crippen MR) is 82.6 cm³/mol. The fourth-order valence-electron chi connectivity index (χ4n) is 4.48. The van der Waals surface area contributed by atoms with Crippen LogP contribution >= 0.6 is 0 Å². The minimum Gasteiger partial charge on any atom is -0.396 e. The second kappa shape index (κ2) is 6.59. The Hall–Kier alpha value is -0.380. The molecule has 20 heavy (non-hydrogen) atoms. The van der Waals surface area contributed by atoms with Gasteiger partial charge in [0, 0.05) is 25.7 Å². The highest BCUT2D eigenvalue weighted by molar-refractivity contribution is 5.10. The van der Waals surface area contributed by atoms with Gasteiger partial charge in [0.05, 0.1) is 0 Å². The lowest BCUT2D eigenvalue weighted by Gasteiger charge is -2.38. The van der Waals surface area contributed by atoms with Gasteiger partial charge in [0.25, 0.3) is 0 Å². The van der Waals surface area contributed by atoms with E-state index in [0.717, 1.165) is 36.8 Å². The van der Waals surface area contributed by atoms with Gasteiger partial charge in [-0.3, -0.25) is 0 Å². The van der Waals surface area contributed by atoms with Crippen LogP contribution in [-0.2, 0) is 0 Å². The van der Waals surface area contributed by atoms with Crippen LogP contribution < -0.4 is 0 Å². The van der Waals surface area contributed by atoms with Crippen molar-refractivity contribution in [3.8, 4) is 0 Å². The van der Waals surface area contributed by atoms with E-state index in [-0.39, 0.29) is 0 Å². The van der Waals surface area contributed by atoms with E-state index in [2.05, 4.69) is 29.0 Å². The summed E-state index contributed by atoms with van der Waals surface area (Å²) in [6.07, 6.45) is 11.3. The smallest absolute Gasteiger partial charge is 0.0443 e. The average Bonchev–Trinajstić information content (AvgIpc) is 3.08. The lowest BCUT2D eigenvalue weighted by atomic mass is 9.92. The lowest BCUT2D eigenvalue weighted by Crippen LogP contribution is -2.45. The van der Waals surface area contributed by atoms with Crippen molar-refractivity contribution in [2.75, 3.05) is 39.8 Å². The van der Waals surface area contributed by atoms with Gasteiger partial charge in [-0.25, -0.2) is 0 Å². The largest absolute Gasteiger partial charge is 0.396 e. The topological polar surface area (TPSA) is 26.7 Å². The summed E-state index contributed by atoms with van der Waals surface area (Å²) in [5, 5.41) is 8.93. The first-order chi connectivity index (χ1) is 9.76. The van der Waals surface area contributed by atoms with Crippen LogP contribution in [0.2, 0.25) is 0 Å². The number of nitrogens with zero attached hydrogens (tertiary/aromatic N) is 2. The molecule has 0 aromatic carbocycles. The summed E-state index contributed by atoms with van der Waals surface area (Å²) in [6.45, 7) is 5.23. The van der Waals surface area contributed by atoms with Gasteiger partial charge >= 0.3 is 0 Å². The van der Waals surface area contributed by atoms with E-state index in [1.165, 1.54) is 45.3 Å². The van der Waals surface area contributed by atoms with Crippen LogP contribution in [0, 0.1) is 17.8 Å². The molecule has 3 aliphatic rings. The van der Waals surface area contributed by atoms with Gasteiger partial charge in [-0.15, -0.1) is 0 Å². The Morgan fingerprint density at radius 3 is 2.60 bits per heavy atom. The average molecular weight is 278 g/mol. The second-order valence-electron chi connectivity index (χ2n) is 7.13. The number of hydrogen-bond donors (Lipinski definition) is 1. The molecule has 1 heterocycles. The number of rotatable bonds is 6. The number of aliphatic hydroxyl groups is 1. The van der Waals surface area contributed by atoms with E-state index in [4.69, 9.17) is 5.11 Å². The SMILES string of the molecule is CN(CCCO)C1CCN(CC2CC3C=CC2C3)CC1. The summed E-state index contributed by atoms with van der Waals surface area (Å²) in [5.41, 5.74) is 0. The molecular weight excluding hydrogens is 248 g/mol. The zero-order valence-electron chi connectivity index (χ0n) is 12.9. The van der Waals surface area contributed by atoms with Crippen molar-refractivity contribution in [2.24, 2.45) is 17.8 Å². The van der Waals surface area contributed by atoms with Crippen molar-refractivity contribution in [1.29, 1.82) is 0 Å². The second-order valence-corrected chi connectivity index (χ2v) is 7.13. The Balaban J connectivity index is 1.39. The number of piperidine rings is 1. The first-order valence-corrected chi connectivity index (χ1v) is 8.48. The number of aliphatic hydroxyl groups excluding tert-OH is 1. The molecule has 3 nitrogen and oxygen atoms in total. The molecule has 2 aliphatic carbocycles. The highest BCUT2D eigenvalue weighted by Gasteiger charge is 2.36. The maximum Gasteiger partial charge on any atom is 0.0443 e. The summed E-state index contributed by atoms with van der Waals surface area (Å²) >= 11 is 0. The van der Waals surface area contributed by atoms with Crippen LogP contribution in [0.5, 0.6) is 0 Å². The normalized spacial score (nSPS) is 34.5. The number of hydrogen-bond acceptors (Lipinski definition) is 3. The molecular formula is C17H30N2O. The fourth-order valence-corrected chi connectivity index (χ4v) is 4.48. The zero-order valence-corrected chi connectivity index (χ0v) is 12.9. The molecule has 1 saturated carbocycles. The molecule has 0 aromatic rings. The Labute approximate surface area is 123 Å². The van der Waals surface area contributed by atoms with E-state index >= 15 is 0 Å². The van der Waals surface area contributed by atoms with Gasteiger partial charge in [0.1, 0.15) is 0 Å². The molecule has 1 N–H and O–H groups in total. The van der Waals surface area contributed by atoms with Gasteiger partial charge in [-0.1, -0.05) is 12.2 Å². The van der Waals surface area contributed by atoms with Gasteiger partial charge in [0.15, 0.2) is 0 Å². The molecule has 114 valence electrons. The number of allylic oxidation sites excluding steroid dienone is 2. The third kappa shape index (κ3) is 3.26. The maximum absolute atomic E-state index is 8.93. The van der Waals surface area contributed by atoms with E-state index in [0.29, 0.717) is 6.61 Å². The molecule has 3 heteroatoms. The van der Waals surface area contributed by atoms with Crippen molar-refractivity contribution in [3.63, 3.8) is 0 Å². The third-order valence-electron chi connectivity index (χ3n) is 5.76. The van der Waals surface area contributed by atoms with Gasteiger partial charge < -0.3 is 14.9 Å². The molecule has 0 aromatic heterocycles. The first kappa shape index (κ1) is 14.6. The van der Waals surface area contributed by atoms with Crippen LogP contribution in [0.25, 0.3) is 0 Å². The van der Waals surface area contributed by atoms with Crippen LogP contribution in [0.1, 0.15) is 32.1 Å². The predicted octanol–water partition coefficient (Wildman–Crippen LogP) is 1.98. The Bertz CT molecular complexity index is 336. The molecule has 0 amide bonds. The van der Waals surface area contributed by atoms with Crippen LogP contribution in [-0.4, -0.2) is 60.8 Å².